The van der Waals surface area contributed by atoms with Gasteiger partial charge in [-0.05, 0) is 44.5 Å². The van der Waals surface area contributed by atoms with Gasteiger partial charge >= 0.3 is 5.69 Å². The van der Waals surface area contributed by atoms with Crippen LogP contribution in [-0.4, -0.2) is 48.0 Å². The summed E-state index contributed by atoms with van der Waals surface area (Å²) in [5.74, 6) is 0.163. The smallest absolute Gasteiger partial charge is 0.312 e. The Labute approximate surface area is 164 Å². The lowest BCUT2D eigenvalue weighted by Crippen LogP contribution is -2.46. The van der Waals surface area contributed by atoms with Crippen molar-refractivity contribution in [2.75, 3.05) is 26.2 Å². The summed E-state index contributed by atoms with van der Waals surface area (Å²) in [6.07, 6.45) is 3.01. The first-order valence-corrected chi connectivity index (χ1v) is 8.97. The predicted octanol–water partition coefficient (Wildman–Crippen LogP) is 3.43. The molecule has 1 aliphatic rings. The topological polar surface area (TPSA) is 84.7 Å². The summed E-state index contributed by atoms with van der Waals surface area (Å²) in [6, 6.07) is 4.50. The average Bonchev–Trinajstić information content (AvgIpc) is 2.61. The molecule has 1 fully saturated rings. The van der Waals surface area contributed by atoms with Gasteiger partial charge in [0.05, 0.1) is 18.0 Å². The van der Waals surface area contributed by atoms with Crippen molar-refractivity contribution in [2.24, 2.45) is 0 Å². The maximum Gasteiger partial charge on any atom is 0.312 e. The van der Waals surface area contributed by atoms with Crippen molar-refractivity contribution < 1.29 is 14.5 Å². The van der Waals surface area contributed by atoms with Crippen molar-refractivity contribution in [2.45, 2.75) is 38.6 Å². The Balaban J connectivity index is 0.00000338. The minimum atomic E-state index is -0.540. The minimum Gasteiger partial charge on any atom is -0.486 e. The number of nitrogens with one attached hydrogen (secondary N) is 1. The molecule has 0 aliphatic carbocycles. The van der Waals surface area contributed by atoms with E-state index < -0.39 is 4.92 Å². The van der Waals surface area contributed by atoms with Gasteiger partial charge in [-0.25, -0.2) is 0 Å². The number of piperidine rings is 1. The van der Waals surface area contributed by atoms with Crippen LogP contribution < -0.4 is 10.1 Å². The Morgan fingerprint density at radius 3 is 2.73 bits per heavy atom. The molecule has 2 rings (SSSR count). The summed E-state index contributed by atoms with van der Waals surface area (Å²) in [4.78, 5) is 25.0. The molecule has 0 bridgehead atoms. The second-order valence-corrected chi connectivity index (χ2v) is 6.47. The molecule has 0 radical (unpaired) electrons. The molecule has 1 aromatic carbocycles. The number of nitrogens with zero attached hydrogens (tertiary/aromatic N) is 2. The predicted molar refractivity (Wildman–Crippen MR) is 103 cm³/mol. The highest BCUT2D eigenvalue weighted by Gasteiger charge is 2.24. The zero-order chi connectivity index (χ0) is 18.2. The van der Waals surface area contributed by atoms with Crippen molar-refractivity contribution in [3.8, 4) is 5.75 Å². The number of nitro benzene ring substituents is 1. The molecule has 0 saturated carbocycles. The molecule has 1 saturated heterocycles. The molecule has 0 aromatic heterocycles. The van der Waals surface area contributed by atoms with Crippen molar-refractivity contribution in [3.05, 3.63) is 33.3 Å². The Morgan fingerprint density at radius 2 is 2.12 bits per heavy atom. The average molecular weight is 406 g/mol. The monoisotopic (exact) mass is 405 g/mol. The van der Waals surface area contributed by atoms with E-state index in [4.69, 9.17) is 16.3 Å². The van der Waals surface area contributed by atoms with Gasteiger partial charge in [0.15, 0.2) is 5.75 Å². The van der Waals surface area contributed by atoms with Crippen LogP contribution in [0.25, 0.3) is 0 Å². The summed E-state index contributed by atoms with van der Waals surface area (Å²) < 4.78 is 5.48. The Morgan fingerprint density at radius 1 is 1.42 bits per heavy atom. The number of hydrogen-bond acceptors (Lipinski definition) is 5. The van der Waals surface area contributed by atoms with E-state index in [-0.39, 0.29) is 53.8 Å². The fourth-order valence-electron chi connectivity index (χ4n) is 3.02. The van der Waals surface area contributed by atoms with E-state index in [1.54, 1.807) is 0 Å². The van der Waals surface area contributed by atoms with Gasteiger partial charge in [-0.2, -0.15) is 0 Å². The van der Waals surface area contributed by atoms with Crippen molar-refractivity contribution in [1.29, 1.82) is 0 Å². The van der Waals surface area contributed by atoms with Gasteiger partial charge in [0, 0.05) is 23.7 Å². The third-order valence-electron chi connectivity index (χ3n) is 4.23. The van der Waals surface area contributed by atoms with E-state index in [1.165, 1.54) is 18.2 Å². The second-order valence-electron chi connectivity index (χ2n) is 6.04. The molecule has 26 heavy (non-hydrogen) atoms. The van der Waals surface area contributed by atoms with E-state index in [1.807, 2.05) is 4.90 Å². The third-order valence-corrected chi connectivity index (χ3v) is 4.46. The highest BCUT2D eigenvalue weighted by Crippen LogP contribution is 2.30. The van der Waals surface area contributed by atoms with Crippen LogP contribution in [0.5, 0.6) is 5.75 Å². The van der Waals surface area contributed by atoms with Crippen LogP contribution in [0.3, 0.4) is 0 Å². The van der Waals surface area contributed by atoms with E-state index in [0.717, 1.165) is 38.9 Å². The molecule has 0 atom stereocenters. The third kappa shape index (κ3) is 6.30. The molecule has 1 heterocycles. The molecule has 1 N–H and O–H groups in total. The molecule has 1 amide bonds. The van der Waals surface area contributed by atoms with Crippen LogP contribution in [0.2, 0.25) is 5.02 Å². The van der Waals surface area contributed by atoms with Gasteiger partial charge < -0.3 is 15.0 Å². The van der Waals surface area contributed by atoms with Gasteiger partial charge in [-0.3, -0.25) is 14.9 Å². The quantitative estimate of drug-likeness (QED) is 0.528. The van der Waals surface area contributed by atoms with Crippen LogP contribution in [0, 0.1) is 10.1 Å². The lowest BCUT2D eigenvalue weighted by Gasteiger charge is -2.34. The second kappa shape index (κ2) is 11.2. The molecule has 9 heteroatoms. The Kier molecular flexibility index (Phi) is 9.69. The SMILES string of the molecule is CCCN(C(=O)CCOc1ccc(Cl)cc1[N+](=O)[O-])C1CCNCC1.Cl. The maximum atomic E-state index is 12.6. The van der Waals surface area contributed by atoms with Crippen LogP contribution in [0.4, 0.5) is 5.69 Å². The highest BCUT2D eigenvalue weighted by molar-refractivity contribution is 6.30. The number of ether oxygens (including phenoxy) is 1. The number of nitro groups is 1. The number of halogens is 2. The number of carbonyl (C=O) groups excluding carboxylic acids is 1. The molecule has 146 valence electrons. The highest BCUT2D eigenvalue weighted by atomic mass is 35.5. The summed E-state index contributed by atoms with van der Waals surface area (Å²) in [5, 5.41) is 14.6. The van der Waals surface area contributed by atoms with Gasteiger partial charge in [-0.15, -0.1) is 12.4 Å². The van der Waals surface area contributed by atoms with Gasteiger partial charge in [-0.1, -0.05) is 18.5 Å². The molecule has 1 aromatic rings. The van der Waals surface area contributed by atoms with Crippen molar-refractivity contribution in [1.82, 2.24) is 10.2 Å². The number of amides is 1. The van der Waals surface area contributed by atoms with Crippen LogP contribution in [0.15, 0.2) is 18.2 Å². The summed E-state index contributed by atoms with van der Waals surface area (Å²) in [7, 11) is 0. The first-order chi connectivity index (χ1) is 12.0. The number of rotatable bonds is 8. The van der Waals surface area contributed by atoms with Crippen molar-refractivity contribution >= 4 is 35.6 Å². The number of benzene rings is 1. The van der Waals surface area contributed by atoms with E-state index >= 15 is 0 Å². The first-order valence-electron chi connectivity index (χ1n) is 8.59. The zero-order valence-electron chi connectivity index (χ0n) is 14.8. The molecule has 0 unspecified atom stereocenters. The Hall–Kier alpha value is -1.57. The zero-order valence-corrected chi connectivity index (χ0v) is 16.4. The minimum absolute atomic E-state index is 0. The summed E-state index contributed by atoms with van der Waals surface area (Å²) in [5.41, 5.74) is -0.191. The standard InChI is InChI=1S/C17H24ClN3O4.ClH/c1-2-10-20(14-5-8-19-9-6-14)17(22)7-11-25-16-4-3-13(18)12-15(16)21(23)24;/h3-4,12,14,19H,2,5-11H2,1H3;1H. The van der Waals surface area contributed by atoms with Gasteiger partial charge in [0.25, 0.3) is 0 Å². The van der Waals surface area contributed by atoms with E-state index in [9.17, 15) is 14.9 Å². The van der Waals surface area contributed by atoms with Crippen molar-refractivity contribution in [3.63, 3.8) is 0 Å². The summed E-state index contributed by atoms with van der Waals surface area (Å²) >= 11 is 5.78. The van der Waals surface area contributed by atoms with Crippen LogP contribution in [0.1, 0.15) is 32.6 Å². The largest absolute Gasteiger partial charge is 0.486 e. The molecular formula is C17H25Cl2N3O4. The molecule has 0 spiro atoms. The lowest BCUT2D eigenvalue weighted by molar-refractivity contribution is -0.385. The maximum absolute atomic E-state index is 12.6. The fraction of sp³-hybridized carbons (Fsp3) is 0.588. The van der Waals surface area contributed by atoms with Gasteiger partial charge in [0.2, 0.25) is 5.91 Å². The number of carbonyl (C=O) groups is 1. The lowest BCUT2D eigenvalue weighted by atomic mass is 10.0. The first kappa shape index (κ1) is 22.5. The summed E-state index contributed by atoms with van der Waals surface area (Å²) in [6.45, 7) is 4.73. The Bertz CT molecular complexity index is 610. The molecule has 7 nitrogen and oxygen atoms in total. The molecule has 1 aliphatic heterocycles. The van der Waals surface area contributed by atoms with E-state index in [2.05, 4.69) is 12.2 Å². The van der Waals surface area contributed by atoms with Crippen LogP contribution >= 0.6 is 24.0 Å². The normalized spacial score (nSPS) is 14.4. The van der Waals surface area contributed by atoms with Gasteiger partial charge in [0.1, 0.15) is 0 Å². The van der Waals surface area contributed by atoms with Crippen LogP contribution in [-0.2, 0) is 4.79 Å². The number of hydrogen-bond donors (Lipinski definition) is 1. The molecular weight excluding hydrogens is 381 g/mol. The van der Waals surface area contributed by atoms with E-state index in [0.29, 0.717) is 0 Å². The fourth-order valence-corrected chi connectivity index (χ4v) is 3.18.